The van der Waals surface area contributed by atoms with Crippen molar-refractivity contribution in [1.29, 1.82) is 0 Å². The van der Waals surface area contributed by atoms with E-state index in [-0.39, 0.29) is 12.1 Å². The summed E-state index contributed by atoms with van der Waals surface area (Å²) in [6.07, 6.45) is 7.09. The van der Waals surface area contributed by atoms with Crippen LogP contribution in [-0.2, 0) is 5.41 Å². The van der Waals surface area contributed by atoms with Crippen LogP contribution in [0.4, 0.5) is 51.2 Å². The van der Waals surface area contributed by atoms with E-state index in [1.165, 1.54) is 38.2 Å². The molecule has 8 aromatic carbocycles. The number of nitrogens with zero attached hydrogens (tertiary/aromatic N) is 3. The predicted molar refractivity (Wildman–Crippen MR) is 269 cm³/mol. The van der Waals surface area contributed by atoms with Gasteiger partial charge in [-0.1, -0.05) is 142 Å². The SMILES string of the molecule is CB1c2ccc(-c3ccc(C(C)(C)C)cc3)cc2N(c2ccc(S(C)(C)C)cc2)c2cccc(c2)N(c2ccccc2)c2cc(N(c3ccccc3)c3ccccc3)ccc21. The van der Waals surface area contributed by atoms with Crippen LogP contribution in [-0.4, -0.2) is 25.5 Å². The lowest BCUT2D eigenvalue weighted by Crippen LogP contribution is -2.44. The van der Waals surface area contributed by atoms with Gasteiger partial charge in [-0.3, -0.25) is 0 Å². The van der Waals surface area contributed by atoms with Crippen molar-refractivity contribution in [2.45, 2.75) is 37.9 Å². The van der Waals surface area contributed by atoms with Gasteiger partial charge in [0, 0.05) is 51.2 Å². The molecule has 1 aliphatic heterocycles. The van der Waals surface area contributed by atoms with Gasteiger partial charge in [-0.2, -0.15) is 0 Å². The number of rotatable bonds is 7. The molecule has 0 amide bonds. The maximum absolute atomic E-state index is 2.49. The van der Waals surface area contributed by atoms with E-state index in [9.17, 15) is 0 Å². The number of benzene rings is 8. The van der Waals surface area contributed by atoms with Crippen LogP contribution in [0.25, 0.3) is 11.1 Å². The molecule has 0 aromatic heterocycles. The molecule has 1 heterocycles. The highest BCUT2D eigenvalue weighted by molar-refractivity contribution is 8.32. The Morgan fingerprint density at radius 3 is 1.44 bits per heavy atom. The van der Waals surface area contributed by atoms with Crippen molar-refractivity contribution >= 4 is 78.9 Å². The van der Waals surface area contributed by atoms with E-state index >= 15 is 0 Å². The molecule has 1 aliphatic rings. The smallest absolute Gasteiger partial charge is 0.211 e. The number of para-hydroxylation sites is 3. The van der Waals surface area contributed by atoms with E-state index in [1.54, 1.807) is 0 Å². The third kappa shape index (κ3) is 7.99. The summed E-state index contributed by atoms with van der Waals surface area (Å²) in [5.41, 5.74) is 16.4. The van der Waals surface area contributed by atoms with Crippen LogP contribution in [0.5, 0.6) is 0 Å². The number of anilines is 9. The average Bonchev–Trinajstić information content (AvgIpc) is 3.27. The van der Waals surface area contributed by atoms with Crippen molar-refractivity contribution in [2.24, 2.45) is 0 Å². The zero-order chi connectivity index (χ0) is 42.3. The third-order valence-electron chi connectivity index (χ3n) is 12.0. The van der Waals surface area contributed by atoms with Crippen molar-refractivity contribution in [3.63, 3.8) is 0 Å². The molecule has 0 fully saturated rings. The predicted octanol–water partition coefficient (Wildman–Crippen LogP) is 14.7. The molecule has 302 valence electrons. The quantitative estimate of drug-likeness (QED) is 0.148. The van der Waals surface area contributed by atoms with Crippen LogP contribution in [0, 0.1) is 0 Å². The van der Waals surface area contributed by atoms with Gasteiger partial charge >= 0.3 is 0 Å². The Balaban J connectivity index is 1.31. The highest BCUT2D eigenvalue weighted by Gasteiger charge is 2.30. The summed E-state index contributed by atoms with van der Waals surface area (Å²) in [4.78, 5) is 8.69. The van der Waals surface area contributed by atoms with Gasteiger partial charge in [-0.15, -0.1) is 0 Å². The second-order valence-electron chi connectivity index (χ2n) is 17.9. The Labute approximate surface area is 365 Å². The molecule has 8 aromatic rings. The molecule has 5 heteroatoms. The molecule has 9 rings (SSSR count). The summed E-state index contributed by atoms with van der Waals surface area (Å²) in [6.45, 7) is 9.23. The van der Waals surface area contributed by atoms with Gasteiger partial charge < -0.3 is 14.7 Å². The lowest BCUT2D eigenvalue weighted by Gasteiger charge is -2.36. The molecule has 0 N–H and O–H groups in total. The van der Waals surface area contributed by atoms with E-state index in [2.05, 4.69) is 261 Å². The van der Waals surface area contributed by atoms with Crippen molar-refractivity contribution in [3.8, 4) is 11.1 Å². The molecule has 2 bridgehead atoms. The fourth-order valence-corrected chi connectivity index (χ4v) is 9.60. The van der Waals surface area contributed by atoms with Crippen molar-refractivity contribution < 1.29 is 0 Å². The zero-order valence-corrected chi connectivity index (χ0v) is 37.2. The number of hydrogen-bond donors (Lipinski definition) is 0. The highest BCUT2D eigenvalue weighted by Crippen LogP contribution is 2.48. The standard InChI is InChI=1S/C56H54BN3S/c1-56(2,3)43-29-26-41(27-30-43)42-28-36-52-54(38-42)60(47-31-34-51(35-32-47)61(5,6)7)49-25-17-24-48(39-49)59(46-22-15-10-16-23-46)55-40-50(33-37-53(55)57(52)4)58(44-18-11-8-12-19-44)45-20-13-9-14-21-45/h8-40H,1-7H3. The van der Waals surface area contributed by atoms with Crippen LogP contribution in [0.3, 0.4) is 0 Å². The largest absolute Gasteiger partial charge is 0.311 e. The van der Waals surface area contributed by atoms with Crippen LogP contribution < -0.4 is 25.6 Å². The van der Waals surface area contributed by atoms with Crippen LogP contribution in [0.2, 0.25) is 6.82 Å². The second-order valence-corrected chi connectivity index (χ2v) is 22.1. The van der Waals surface area contributed by atoms with E-state index in [0.717, 1.165) is 45.5 Å². The van der Waals surface area contributed by atoms with E-state index in [0.29, 0.717) is 0 Å². The van der Waals surface area contributed by atoms with Gasteiger partial charge in [0.2, 0.25) is 6.71 Å². The van der Waals surface area contributed by atoms with Crippen molar-refractivity contribution in [3.05, 3.63) is 206 Å². The van der Waals surface area contributed by atoms with Crippen LogP contribution >= 0.6 is 10.0 Å². The lowest BCUT2D eigenvalue weighted by molar-refractivity contribution is 0.590. The average molecular weight is 812 g/mol. The molecule has 0 aliphatic carbocycles. The first-order valence-electron chi connectivity index (χ1n) is 21.3. The summed E-state index contributed by atoms with van der Waals surface area (Å²) in [7, 11) is -0.900. The Morgan fingerprint density at radius 2 is 0.902 bits per heavy atom. The highest BCUT2D eigenvalue weighted by atomic mass is 32.3. The minimum atomic E-state index is -0.900. The van der Waals surface area contributed by atoms with Gasteiger partial charge in [0.05, 0.1) is 0 Å². The summed E-state index contributed by atoms with van der Waals surface area (Å²) < 4.78 is 0. The topological polar surface area (TPSA) is 9.72 Å². The van der Waals surface area contributed by atoms with Gasteiger partial charge in [0.25, 0.3) is 0 Å². The molecule has 0 unspecified atom stereocenters. The summed E-state index contributed by atoms with van der Waals surface area (Å²) in [6, 6.07) is 74.0. The van der Waals surface area contributed by atoms with E-state index in [1.807, 2.05) is 0 Å². The van der Waals surface area contributed by atoms with Gasteiger partial charge in [0.15, 0.2) is 0 Å². The Hall–Kier alpha value is -6.43. The Kier molecular flexibility index (Phi) is 10.6. The molecule has 0 atom stereocenters. The van der Waals surface area contributed by atoms with Crippen LogP contribution in [0.1, 0.15) is 26.3 Å². The molecule has 0 saturated heterocycles. The molecule has 3 nitrogen and oxygen atoms in total. The minimum absolute atomic E-state index is 0.0225. The first kappa shape index (κ1) is 40.0. The normalized spacial score (nSPS) is 13.0. The van der Waals surface area contributed by atoms with Gasteiger partial charge in [-0.05, 0) is 143 Å². The molecule has 0 radical (unpaired) electrons. The maximum atomic E-state index is 2.49. The fourth-order valence-electron chi connectivity index (χ4n) is 8.65. The maximum Gasteiger partial charge on any atom is 0.211 e. The number of hydrogen-bond acceptors (Lipinski definition) is 3. The van der Waals surface area contributed by atoms with Crippen LogP contribution in [0.15, 0.2) is 205 Å². The zero-order valence-electron chi connectivity index (χ0n) is 36.4. The first-order valence-corrected chi connectivity index (χ1v) is 24.1. The summed E-state index contributed by atoms with van der Waals surface area (Å²) >= 11 is 0. The second kappa shape index (κ2) is 16.2. The third-order valence-corrected chi connectivity index (χ3v) is 13.7. The lowest BCUT2D eigenvalue weighted by atomic mass is 9.41. The molecule has 0 saturated carbocycles. The van der Waals surface area contributed by atoms with Gasteiger partial charge in [-0.25, -0.2) is 10.0 Å². The summed E-state index contributed by atoms with van der Waals surface area (Å²) in [5, 5.41) is 0. The molecular formula is C56H54BN3S. The number of fused-ring (bicyclic) bond motifs is 4. The minimum Gasteiger partial charge on any atom is -0.311 e. The fraction of sp³-hybridized carbons (Fsp3) is 0.143. The van der Waals surface area contributed by atoms with Crippen molar-refractivity contribution in [1.82, 2.24) is 0 Å². The Morgan fingerprint density at radius 1 is 0.426 bits per heavy atom. The molecular weight excluding hydrogens is 758 g/mol. The van der Waals surface area contributed by atoms with Crippen molar-refractivity contribution in [2.75, 3.05) is 33.5 Å². The monoisotopic (exact) mass is 811 g/mol. The van der Waals surface area contributed by atoms with E-state index in [4.69, 9.17) is 0 Å². The first-order chi connectivity index (χ1) is 29.4. The molecule has 61 heavy (non-hydrogen) atoms. The van der Waals surface area contributed by atoms with E-state index < -0.39 is 10.0 Å². The summed E-state index contributed by atoms with van der Waals surface area (Å²) in [5.74, 6) is 0. The Bertz CT molecular complexity index is 2740. The van der Waals surface area contributed by atoms with Gasteiger partial charge in [0.1, 0.15) is 0 Å². The molecule has 0 spiro atoms.